The van der Waals surface area contributed by atoms with E-state index in [-0.39, 0.29) is 5.92 Å². The van der Waals surface area contributed by atoms with E-state index >= 15 is 0 Å². The Morgan fingerprint density at radius 1 is 1.18 bits per heavy atom. The van der Waals surface area contributed by atoms with Crippen molar-refractivity contribution < 1.29 is 0 Å². The van der Waals surface area contributed by atoms with Gasteiger partial charge in [-0.2, -0.15) is 0 Å². The summed E-state index contributed by atoms with van der Waals surface area (Å²) in [7, 11) is 0. The van der Waals surface area contributed by atoms with E-state index in [1.165, 1.54) is 0 Å². The second kappa shape index (κ2) is 4.67. The molecule has 90 valence electrons. The number of halogens is 2. The van der Waals surface area contributed by atoms with Crippen molar-refractivity contribution in [3.63, 3.8) is 0 Å². The molecule has 0 unspecified atom stereocenters. The van der Waals surface area contributed by atoms with Crippen LogP contribution in [-0.4, -0.2) is 14.8 Å². The summed E-state index contributed by atoms with van der Waals surface area (Å²) in [6.07, 6.45) is 0. The summed E-state index contributed by atoms with van der Waals surface area (Å²) in [6, 6.07) is 5.71. The summed E-state index contributed by atoms with van der Waals surface area (Å²) in [5.74, 6) is 1.08. The van der Waals surface area contributed by atoms with Crippen molar-refractivity contribution in [3.8, 4) is 5.69 Å². The molecule has 0 N–H and O–H groups in total. The summed E-state index contributed by atoms with van der Waals surface area (Å²) in [5.41, 5.74) is 1.90. The molecule has 0 atom stereocenters. The third-order valence-electron chi connectivity index (χ3n) is 2.64. The maximum atomic E-state index is 6.12. The number of nitrogens with zero attached hydrogens (tertiary/aromatic N) is 3. The van der Waals surface area contributed by atoms with E-state index in [0.29, 0.717) is 10.3 Å². The van der Waals surface area contributed by atoms with Crippen LogP contribution in [-0.2, 0) is 0 Å². The molecule has 0 fully saturated rings. The zero-order valence-electron chi connectivity index (χ0n) is 9.91. The molecule has 0 aliphatic heterocycles. The minimum atomic E-state index is 0.244. The van der Waals surface area contributed by atoms with Crippen molar-refractivity contribution in [2.24, 2.45) is 0 Å². The van der Waals surface area contributed by atoms with Crippen LogP contribution in [0.1, 0.15) is 31.2 Å². The van der Waals surface area contributed by atoms with Crippen LogP contribution in [0.15, 0.2) is 18.2 Å². The van der Waals surface area contributed by atoms with Gasteiger partial charge in [-0.3, -0.25) is 4.57 Å². The number of rotatable bonds is 2. The molecule has 1 aromatic heterocycles. The first-order valence-corrected chi connectivity index (χ1v) is 6.14. The SMILES string of the molecule is Cc1c(Cl)cccc1-n1c(Cl)nnc1C(C)C. The molecule has 0 amide bonds. The molecule has 0 radical (unpaired) electrons. The maximum Gasteiger partial charge on any atom is 0.229 e. The Morgan fingerprint density at radius 2 is 1.88 bits per heavy atom. The minimum Gasteiger partial charge on any atom is -0.269 e. The first kappa shape index (κ1) is 12.4. The molecule has 0 bridgehead atoms. The lowest BCUT2D eigenvalue weighted by molar-refractivity contribution is 0.744. The van der Waals surface area contributed by atoms with Crippen LogP contribution >= 0.6 is 23.2 Å². The van der Waals surface area contributed by atoms with Gasteiger partial charge in [-0.15, -0.1) is 10.2 Å². The van der Waals surface area contributed by atoms with Gasteiger partial charge < -0.3 is 0 Å². The molecule has 2 rings (SSSR count). The van der Waals surface area contributed by atoms with Crippen molar-refractivity contribution in [2.75, 3.05) is 0 Å². The van der Waals surface area contributed by atoms with Crippen molar-refractivity contribution in [2.45, 2.75) is 26.7 Å². The fourth-order valence-corrected chi connectivity index (χ4v) is 2.10. The van der Waals surface area contributed by atoms with Crippen molar-refractivity contribution in [1.82, 2.24) is 14.8 Å². The van der Waals surface area contributed by atoms with E-state index in [2.05, 4.69) is 24.0 Å². The summed E-state index contributed by atoms with van der Waals surface area (Å²) < 4.78 is 1.84. The van der Waals surface area contributed by atoms with Crippen LogP contribution in [0.25, 0.3) is 5.69 Å². The van der Waals surface area contributed by atoms with Crippen LogP contribution in [0.3, 0.4) is 0 Å². The Morgan fingerprint density at radius 3 is 2.53 bits per heavy atom. The third kappa shape index (κ3) is 2.17. The molecule has 1 aromatic carbocycles. The zero-order valence-corrected chi connectivity index (χ0v) is 11.4. The molecule has 0 spiro atoms. The molecular weight excluding hydrogens is 257 g/mol. The molecular formula is C12H13Cl2N3. The molecule has 0 saturated carbocycles. The lowest BCUT2D eigenvalue weighted by Gasteiger charge is -2.13. The fraction of sp³-hybridized carbons (Fsp3) is 0.333. The summed E-state index contributed by atoms with van der Waals surface area (Å²) in [5, 5.41) is 9.09. The van der Waals surface area contributed by atoms with E-state index < -0.39 is 0 Å². The molecule has 5 heteroatoms. The molecule has 0 aliphatic carbocycles. The number of benzene rings is 1. The Balaban J connectivity index is 2.68. The van der Waals surface area contributed by atoms with Crippen molar-refractivity contribution in [3.05, 3.63) is 39.9 Å². The fourth-order valence-electron chi connectivity index (χ4n) is 1.71. The summed E-state index contributed by atoms with van der Waals surface area (Å²) in [4.78, 5) is 0. The summed E-state index contributed by atoms with van der Waals surface area (Å²) >= 11 is 12.2. The van der Waals surface area contributed by atoms with Crippen LogP contribution in [0.2, 0.25) is 10.3 Å². The first-order valence-electron chi connectivity index (χ1n) is 5.38. The molecule has 2 aromatic rings. The maximum absolute atomic E-state index is 6.12. The van der Waals surface area contributed by atoms with Crippen molar-refractivity contribution in [1.29, 1.82) is 0 Å². The van der Waals surface area contributed by atoms with Gasteiger partial charge in [0.05, 0.1) is 5.69 Å². The van der Waals surface area contributed by atoms with Gasteiger partial charge in [0.15, 0.2) is 0 Å². The van der Waals surface area contributed by atoms with E-state index in [9.17, 15) is 0 Å². The van der Waals surface area contributed by atoms with E-state index in [0.717, 1.165) is 17.1 Å². The normalized spacial score (nSPS) is 11.2. The highest BCUT2D eigenvalue weighted by Crippen LogP contribution is 2.27. The van der Waals surface area contributed by atoms with Crippen LogP contribution in [0, 0.1) is 6.92 Å². The number of hydrogen-bond donors (Lipinski definition) is 0. The highest BCUT2D eigenvalue weighted by Gasteiger charge is 2.17. The van der Waals surface area contributed by atoms with Crippen LogP contribution in [0.5, 0.6) is 0 Å². The molecule has 0 aliphatic rings. The summed E-state index contributed by atoms with van der Waals surface area (Å²) in [6.45, 7) is 6.06. The van der Waals surface area contributed by atoms with Gasteiger partial charge in [0.25, 0.3) is 0 Å². The number of hydrogen-bond acceptors (Lipinski definition) is 2. The highest BCUT2D eigenvalue weighted by molar-refractivity contribution is 6.31. The second-order valence-corrected chi connectivity index (χ2v) is 4.95. The smallest absolute Gasteiger partial charge is 0.229 e. The quantitative estimate of drug-likeness (QED) is 0.825. The zero-order chi connectivity index (χ0) is 12.6. The Bertz CT molecular complexity index is 547. The van der Waals surface area contributed by atoms with Gasteiger partial charge in [0.2, 0.25) is 5.28 Å². The van der Waals surface area contributed by atoms with Gasteiger partial charge in [-0.05, 0) is 36.2 Å². The third-order valence-corrected chi connectivity index (χ3v) is 3.30. The van der Waals surface area contributed by atoms with E-state index in [1.807, 2.05) is 29.7 Å². The average molecular weight is 270 g/mol. The lowest BCUT2D eigenvalue weighted by Crippen LogP contribution is -2.05. The predicted molar refractivity (Wildman–Crippen MR) is 70.2 cm³/mol. The van der Waals surface area contributed by atoms with Gasteiger partial charge in [-0.1, -0.05) is 31.5 Å². The average Bonchev–Trinajstić information content (AvgIpc) is 2.65. The number of aromatic nitrogens is 3. The van der Waals surface area contributed by atoms with Gasteiger partial charge in [0, 0.05) is 10.9 Å². The van der Waals surface area contributed by atoms with Crippen LogP contribution < -0.4 is 0 Å². The minimum absolute atomic E-state index is 0.244. The largest absolute Gasteiger partial charge is 0.269 e. The standard InChI is InChI=1S/C12H13Cl2N3/c1-7(2)11-15-16-12(14)17(11)10-6-4-5-9(13)8(10)3/h4-7H,1-3H3. The lowest BCUT2D eigenvalue weighted by atomic mass is 10.1. The molecule has 3 nitrogen and oxygen atoms in total. The molecule has 0 saturated heterocycles. The first-order chi connectivity index (χ1) is 8.02. The van der Waals surface area contributed by atoms with Crippen LogP contribution in [0.4, 0.5) is 0 Å². The Kier molecular flexibility index (Phi) is 3.40. The predicted octanol–water partition coefficient (Wildman–Crippen LogP) is 4.01. The highest BCUT2D eigenvalue weighted by atomic mass is 35.5. The van der Waals surface area contributed by atoms with E-state index in [1.54, 1.807) is 0 Å². The van der Waals surface area contributed by atoms with Gasteiger partial charge in [0.1, 0.15) is 5.82 Å². The monoisotopic (exact) mass is 269 g/mol. The van der Waals surface area contributed by atoms with Gasteiger partial charge >= 0.3 is 0 Å². The molecule has 17 heavy (non-hydrogen) atoms. The second-order valence-electron chi connectivity index (χ2n) is 4.20. The Labute approximate surface area is 110 Å². The Hall–Kier alpha value is -1.06. The topological polar surface area (TPSA) is 30.7 Å². The van der Waals surface area contributed by atoms with Crippen molar-refractivity contribution >= 4 is 23.2 Å². The van der Waals surface area contributed by atoms with Gasteiger partial charge in [-0.25, -0.2) is 0 Å². The molecule has 1 heterocycles. The van der Waals surface area contributed by atoms with E-state index in [4.69, 9.17) is 23.2 Å².